The van der Waals surface area contributed by atoms with Gasteiger partial charge in [-0.3, -0.25) is 14.5 Å². The summed E-state index contributed by atoms with van der Waals surface area (Å²) < 4.78 is 0. The average molecular weight is 445 g/mol. The summed E-state index contributed by atoms with van der Waals surface area (Å²) in [6.45, 7) is -0.250. The second-order valence-corrected chi connectivity index (χ2v) is 8.88. The minimum atomic E-state index is -0.677. The van der Waals surface area contributed by atoms with E-state index in [2.05, 4.69) is 10.3 Å². The number of fused-ring (bicyclic) bond motifs is 1. The number of carbonyl (C=O) groups is 3. The molecule has 7 nitrogen and oxygen atoms in total. The Labute approximate surface area is 192 Å². The highest BCUT2D eigenvalue weighted by Crippen LogP contribution is 2.28. The number of amides is 4. The van der Waals surface area contributed by atoms with Crippen LogP contribution in [-0.4, -0.2) is 46.4 Å². The lowest BCUT2D eigenvalue weighted by Gasteiger charge is -2.35. The molecule has 1 atom stereocenters. The largest absolute Gasteiger partial charge is 0.361 e. The minimum absolute atomic E-state index is 0.0939. The van der Waals surface area contributed by atoms with Crippen molar-refractivity contribution in [3.05, 3.63) is 66.4 Å². The molecule has 1 unspecified atom stereocenters. The summed E-state index contributed by atoms with van der Waals surface area (Å²) >= 11 is 0. The monoisotopic (exact) mass is 444 g/mol. The third kappa shape index (κ3) is 4.23. The van der Waals surface area contributed by atoms with Crippen LogP contribution in [0.5, 0.6) is 0 Å². The SMILES string of the molecule is O=C1NC(Cc2c[nH]c3ccccc23)C(=O)N1CC(=O)N(c1ccccc1)C1CCCCC1. The van der Waals surface area contributed by atoms with Crippen molar-refractivity contribution in [1.29, 1.82) is 0 Å². The molecule has 2 N–H and O–H groups in total. The number of benzene rings is 2. The summed E-state index contributed by atoms with van der Waals surface area (Å²) in [5.41, 5.74) is 2.77. The van der Waals surface area contributed by atoms with Crippen LogP contribution < -0.4 is 10.2 Å². The van der Waals surface area contributed by atoms with Gasteiger partial charge in [0.2, 0.25) is 5.91 Å². The molecule has 0 spiro atoms. The molecule has 7 heteroatoms. The molecule has 2 fully saturated rings. The first-order valence-corrected chi connectivity index (χ1v) is 11.7. The van der Waals surface area contributed by atoms with Crippen molar-refractivity contribution in [2.75, 3.05) is 11.4 Å². The van der Waals surface area contributed by atoms with E-state index in [9.17, 15) is 14.4 Å². The zero-order chi connectivity index (χ0) is 22.8. The van der Waals surface area contributed by atoms with E-state index in [0.29, 0.717) is 6.42 Å². The van der Waals surface area contributed by atoms with E-state index in [1.165, 1.54) is 6.42 Å². The molecule has 170 valence electrons. The lowest BCUT2D eigenvalue weighted by atomic mass is 9.93. The quantitative estimate of drug-likeness (QED) is 0.564. The van der Waals surface area contributed by atoms with Gasteiger partial charge in [-0.05, 0) is 36.6 Å². The van der Waals surface area contributed by atoms with Gasteiger partial charge in [0.25, 0.3) is 5.91 Å². The van der Waals surface area contributed by atoms with Crippen LogP contribution in [0.4, 0.5) is 10.5 Å². The first-order valence-electron chi connectivity index (χ1n) is 11.7. The molecule has 2 aliphatic rings. The summed E-state index contributed by atoms with van der Waals surface area (Å²) in [6, 6.07) is 16.3. The lowest BCUT2D eigenvalue weighted by Crippen LogP contribution is -2.48. The van der Waals surface area contributed by atoms with Gasteiger partial charge in [0, 0.05) is 35.2 Å². The third-order valence-electron chi connectivity index (χ3n) is 6.74. The van der Waals surface area contributed by atoms with Crippen molar-refractivity contribution in [3.8, 4) is 0 Å². The molecule has 4 amide bonds. The molecule has 1 saturated carbocycles. The molecular weight excluding hydrogens is 416 g/mol. The molecule has 1 aliphatic carbocycles. The molecule has 1 aromatic heterocycles. The smallest absolute Gasteiger partial charge is 0.325 e. The fraction of sp³-hybridized carbons (Fsp3) is 0.346. The van der Waals surface area contributed by atoms with Crippen LogP contribution in [0.15, 0.2) is 60.8 Å². The van der Waals surface area contributed by atoms with E-state index in [-0.39, 0.29) is 24.4 Å². The van der Waals surface area contributed by atoms with Crippen LogP contribution in [0.2, 0.25) is 0 Å². The number of H-pyrrole nitrogens is 1. The first-order chi connectivity index (χ1) is 16.1. The van der Waals surface area contributed by atoms with Gasteiger partial charge in [-0.2, -0.15) is 0 Å². The average Bonchev–Trinajstić information content (AvgIpc) is 3.37. The molecule has 1 aliphatic heterocycles. The number of anilines is 1. The zero-order valence-corrected chi connectivity index (χ0v) is 18.5. The fourth-order valence-electron chi connectivity index (χ4n) is 5.08. The molecule has 3 aromatic rings. The molecule has 2 aromatic carbocycles. The van der Waals surface area contributed by atoms with E-state index in [1.54, 1.807) is 4.90 Å². The number of hydrogen-bond donors (Lipinski definition) is 2. The second-order valence-electron chi connectivity index (χ2n) is 8.88. The maximum absolute atomic E-state index is 13.4. The van der Waals surface area contributed by atoms with Crippen LogP contribution in [0, 0.1) is 0 Å². The number of rotatable bonds is 6. The van der Waals surface area contributed by atoms with E-state index in [1.807, 2.05) is 60.8 Å². The Morgan fingerprint density at radius 1 is 0.970 bits per heavy atom. The molecular formula is C26H28N4O3. The summed E-state index contributed by atoms with van der Waals surface area (Å²) in [6.07, 6.45) is 7.46. The number of imide groups is 1. The summed E-state index contributed by atoms with van der Waals surface area (Å²) in [4.78, 5) is 45.3. The van der Waals surface area contributed by atoms with Gasteiger partial charge >= 0.3 is 6.03 Å². The summed E-state index contributed by atoms with van der Waals surface area (Å²) in [7, 11) is 0. The third-order valence-corrected chi connectivity index (χ3v) is 6.74. The Kier molecular flexibility index (Phi) is 5.86. The predicted octanol–water partition coefficient (Wildman–Crippen LogP) is 4.00. The molecule has 0 bridgehead atoms. The number of para-hydroxylation sites is 2. The van der Waals surface area contributed by atoms with E-state index in [0.717, 1.165) is 52.7 Å². The minimum Gasteiger partial charge on any atom is -0.361 e. The standard InChI is InChI=1S/C26H28N4O3/c31-24(30(19-9-3-1-4-10-19)20-11-5-2-6-12-20)17-29-25(32)23(28-26(29)33)15-18-16-27-22-14-8-7-13-21(18)22/h1,3-4,7-10,13-14,16,20,23,27H,2,5-6,11-12,15,17H2,(H,28,33). The normalized spacial score (nSPS) is 19.2. The number of nitrogens with one attached hydrogen (secondary N) is 2. The van der Waals surface area contributed by atoms with Gasteiger partial charge in [-0.1, -0.05) is 55.7 Å². The van der Waals surface area contributed by atoms with Gasteiger partial charge in [0.05, 0.1) is 0 Å². The highest BCUT2D eigenvalue weighted by Gasteiger charge is 2.40. The topological polar surface area (TPSA) is 85.5 Å². The number of aromatic nitrogens is 1. The predicted molar refractivity (Wildman–Crippen MR) is 127 cm³/mol. The van der Waals surface area contributed by atoms with Gasteiger partial charge < -0.3 is 15.2 Å². The number of carbonyl (C=O) groups excluding carboxylic acids is 3. The highest BCUT2D eigenvalue weighted by atomic mass is 16.2. The second kappa shape index (κ2) is 9.10. The Balaban J connectivity index is 1.32. The van der Waals surface area contributed by atoms with Crippen molar-refractivity contribution in [3.63, 3.8) is 0 Å². The van der Waals surface area contributed by atoms with Crippen molar-refractivity contribution in [2.45, 2.75) is 50.6 Å². The van der Waals surface area contributed by atoms with E-state index < -0.39 is 12.1 Å². The van der Waals surface area contributed by atoms with E-state index in [4.69, 9.17) is 0 Å². The van der Waals surface area contributed by atoms with Gasteiger partial charge in [0.15, 0.2) is 0 Å². The Morgan fingerprint density at radius 3 is 2.48 bits per heavy atom. The van der Waals surface area contributed by atoms with Crippen molar-refractivity contribution in [1.82, 2.24) is 15.2 Å². The maximum Gasteiger partial charge on any atom is 0.325 e. The molecule has 5 rings (SSSR count). The molecule has 2 heterocycles. The number of aromatic amines is 1. The van der Waals surface area contributed by atoms with Crippen LogP contribution in [0.3, 0.4) is 0 Å². The van der Waals surface area contributed by atoms with Gasteiger partial charge in [-0.25, -0.2) is 4.79 Å². The van der Waals surface area contributed by atoms with Gasteiger partial charge in [-0.15, -0.1) is 0 Å². The summed E-state index contributed by atoms with van der Waals surface area (Å²) in [5.74, 6) is -0.570. The van der Waals surface area contributed by atoms with Crippen LogP contribution in [0.1, 0.15) is 37.7 Å². The highest BCUT2D eigenvalue weighted by molar-refractivity contribution is 6.08. The van der Waals surface area contributed by atoms with Gasteiger partial charge in [0.1, 0.15) is 12.6 Å². The Hall–Kier alpha value is -3.61. The van der Waals surface area contributed by atoms with Crippen LogP contribution in [0.25, 0.3) is 10.9 Å². The molecule has 0 radical (unpaired) electrons. The van der Waals surface area contributed by atoms with Crippen LogP contribution >= 0.6 is 0 Å². The molecule has 1 saturated heterocycles. The molecule has 33 heavy (non-hydrogen) atoms. The maximum atomic E-state index is 13.4. The number of nitrogens with zero attached hydrogens (tertiary/aromatic N) is 2. The van der Waals surface area contributed by atoms with Crippen molar-refractivity contribution >= 4 is 34.4 Å². The Morgan fingerprint density at radius 2 is 1.70 bits per heavy atom. The lowest BCUT2D eigenvalue weighted by molar-refractivity contribution is -0.131. The first kappa shape index (κ1) is 21.2. The number of hydrogen-bond acceptors (Lipinski definition) is 3. The fourth-order valence-corrected chi connectivity index (χ4v) is 5.08. The Bertz CT molecular complexity index is 1170. The van der Waals surface area contributed by atoms with E-state index >= 15 is 0 Å². The van der Waals surface area contributed by atoms with Crippen LogP contribution in [-0.2, 0) is 16.0 Å². The summed E-state index contributed by atoms with van der Waals surface area (Å²) in [5, 5.41) is 3.80. The zero-order valence-electron chi connectivity index (χ0n) is 18.5. The van der Waals surface area contributed by atoms with Crippen molar-refractivity contribution in [2.24, 2.45) is 0 Å². The number of urea groups is 1. The van der Waals surface area contributed by atoms with Crippen molar-refractivity contribution < 1.29 is 14.4 Å².